The van der Waals surface area contributed by atoms with E-state index in [1.165, 1.54) is 16.7 Å². The Kier molecular flexibility index (Phi) is 19.5. The number of carbonyl (C=O) groups excluding carboxylic acids is 6. The molecule has 1 aromatic rings. The van der Waals surface area contributed by atoms with Crippen LogP contribution >= 0.6 is 11.8 Å². The Morgan fingerprint density at radius 1 is 0.804 bits per heavy atom. The monoisotopic (exact) mass is 730 g/mol. The summed E-state index contributed by atoms with van der Waals surface area (Å²) >= 11 is 1.89. The number of hydrogen-bond acceptors (Lipinski definition) is 8. The molecule has 1 aromatic carbocycles. The van der Waals surface area contributed by atoms with Crippen molar-refractivity contribution in [2.75, 3.05) is 52.2 Å². The number of nitrogens with zero attached hydrogens (tertiary/aromatic N) is 2. The number of rotatable bonds is 26. The number of benzene rings is 1. The lowest BCUT2D eigenvalue weighted by Crippen LogP contribution is -2.45. The number of fused-ring (bicyclic) bond motifs is 1. The van der Waals surface area contributed by atoms with Gasteiger partial charge in [-0.3, -0.25) is 24.0 Å². The molecule has 6 amide bonds. The molecule has 2 fully saturated rings. The van der Waals surface area contributed by atoms with Gasteiger partial charge in [-0.05, 0) is 51.0 Å². The van der Waals surface area contributed by atoms with Gasteiger partial charge in [-0.1, -0.05) is 49.6 Å². The van der Waals surface area contributed by atoms with E-state index < -0.39 is 0 Å². The Balaban J connectivity index is 1.19. The number of methoxy groups -OCH3 is 1. The molecular weight excluding hydrogens is 673 g/mol. The van der Waals surface area contributed by atoms with Crippen LogP contribution in [-0.4, -0.2) is 115 Å². The minimum Gasteiger partial charge on any atom is -0.383 e. The maximum atomic E-state index is 13.2. The van der Waals surface area contributed by atoms with Crippen molar-refractivity contribution in [3.8, 4) is 0 Å². The van der Waals surface area contributed by atoms with Gasteiger partial charge in [0.05, 0.1) is 31.8 Å². The van der Waals surface area contributed by atoms with Gasteiger partial charge < -0.3 is 35.8 Å². The van der Waals surface area contributed by atoms with E-state index in [1.54, 1.807) is 7.11 Å². The first-order valence-electron chi connectivity index (χ1n) is 18.5. The minimum absolute atomic E-state index is 0.00433. The third-order valence-corrected chi connectivity index (χ3v) is 10.6. The molecule has 14 heteroatoms. The Morgan fingerprint density at radius 2 is 1.45 bits per heavy atom. The van der Waals surface area contributed by atoms with Crippen LogP contribution in [0.25, 0.3) is 0 Å². The molecule has 0 bridgehead atoms. The van der Waals surface area contributed by atoms with Crippen LogP contribution in [-0.2, 0) is 35.3 Å². The zero-order valence-corrected chi connectivity index (χ0v) is 31.2. The molecule has 1 unspecified atom stereocenters. The van der Waals surface area contributed by atoms with Crippen molar-refractivity contribution in [3.63, 3.8) is 0 Å². The number of ether oxygens (including phenoxy) is 1. The molecule has 0 saturated carbocycles. The van der Waals surface area contributed by atoms with Crippen molar-refractivity contribution in [3.05, 3.63) is 35.9 Å². The lowest BCUT2D eigenvalue weighted by molar-refractivity contribution is -0.142. The minimum atomic E-state index is -0.287. The summed E-state index contributed by atoms with van der Waals surface area (Å²) in [6, 6.07) is 9.81. The average molecular weight is 731 g/mol. The van der Waals surface area contributed by atoms with Gasteiger partial charge in [0, 0.05) is 63.6 Å². The highest BCUT2D eigenvalue weighted by Gasteiger charge is 2.42. The van der Waals surface area contributed by atoms with Gasteiger partial charge >= 0.3 is 6.03 Å². The van der Waals surface area contributed by atoms with Crippen LogP contribution in [0.5, 0.6) is 0 Å². The summed E-state index contributed by atoms with van der Waals surface area (Å²) in [5.41, 5.74) is 0.908. The number of ketones is 1. The molecule has 3 rings (SSSR count). The number of amides is 6. The first-order chi connectivity index (χ1) is 24.7. The van der Waals surface area contributed by atoms with Crippen LogP contribution < -0.4 is 21.3 Å². The fourth-order valence-corrected chi connectivity index (χ4v) is 7.84. The quantitative estimate of drug-likeness (QED) is 0.0834. The first-order valence-corrected chi connectivity index (χ1v) is 19.5. The fourth-order valence-electron chi connectivity index (χ4n) is 6.29. The Morgan fingerprint density at radius 3 is 2.10 bits per heavy atom. The molecule has 2 saturated heterocycles. The van der Waals surface area contributed by atoms with E-state index in [2.05, 4.69) is 21.3 Å². The van der Waals surface area contributed by atoms with Crippen molar-refractivity contribution in [1.82, 2.24) is 31.1 Å². The second-order valence-corrected chi connectivity index (χ2v) is 14.7. The van der Waals surface area contributed by atoms with Crippen LogP contribution in [0.1, 0.15) is 89.5 Å². The molecule has 2 heterocycles. The van der Waals surface area contributed by atoms with Crippen molar-refractivity contribution in [2.45, 2.75) is 108 Å². The van der Waals surface area contributed by atoms with Crippen molar-refractivity contribution >= 4 is 47.2 Å². The second-order valence-electron chi connectivity index (χ2n) is 13.4. The van der Waals surface area contributed by atoms with Gasteiger partial charge in [0.25, 0.3) is 0 Å². The topological polar surface area (TPSA) is 166 Å². The second kappa shape index (κ2) is 23.8. The molecule has 0 aromatic heterocycles. The smallest absolute Gasteiger partial charge is 0.315 e. The van der Waals surface area contributed by atoms with E-state index in [1.807, 2.05) is 42.1 Å². The maximum absolute atomic E-state index is 13.2. The summed E-state index contributed by atoms with van der Waals surface area (Å²) in [6.07, 6.45) is 8.63. The number of Topliss-reactive ketones (excluding diaryl/α,β-unsaturated/α-hetero) is 1. The van der Waals surface area contributed by atoms with E-state index >= 15 is 0 Å². The highest BCUT2D eigenvalue weighted by molar-refractivity contribution is 8.00. The van der Waals surface area contributed by atoms with Crippen molar-refractivity contribution < 1.29 is 33.5 Å². The summed E-state index contributed by atoms with van der Waals surface area (Å²) in [5.74, 6) is 0.462. The molecule has 284 valence electrons. The Hall–Kier alpha value is -3.65. The van der Waals surface area contributed by atoms with Gasteiger partial charge in [-0.15, -0.1) is 0 Å². The highest BCUT2D eigenvalue weighted by atomic mass is 32.2. The molecule has 4 N–H and O–H groups in total. The number of hydrogen-bond donors (Lipinski definition) is 4. The lowest BCUT2D eigenvalue weighted by atomic mass is 10.0. The molecule has 0 radical (unpaired) electrons. The number of unbranched alkanes of at least 4 members (excludes halogenated alkanes) is 5. The van der Waals surface area contributed by atoms with E-state index in [0.29, 0.717) is 50.8 Å². The van der Waals surface area contributed by atoms with Gasteiger partial charge in [0.2, 0.25) is 23.6 Å². The van der Waals surface area contributed by atoms with E-state index in [4.69, 9.17) is 4.74 Å². The van der Waals surface area contributed by atoms with Crippen LogP contribution in [0.4, 0.5) is 4.79 Å². The summed E-state index contributed by atoms with van der Waals surface area (Å²) in [5, 5.41) is 12.3. The van der Waals surface area contributed by atoms with E-state index in [0.717, 1.165) is 62.7 Å². The van der Waals surface area contributed by atoms with Crippen LogP contribution in [0.2, 0.25) is 0 Å². The van der Waals surface area contributed by atoms with Crippen LogP contribution in [0.3, 0.4) is 0 Å². The largest absolute Gasteiger partial charge is 0.383 e. The van der Waals surface area contributed by atoms with E-state index in [9.17, 15) is 28.8 Å². The Labute approximate surface area is 307 Å². The van der Waals surface area contributed by atoms with Gasteiger partial charge in [-0.25, -0.2) is 4.79 Å². The fraction of sp³-hybridized carbons (Fsp3) is 0.676. The number of urea groups is 1. The van der Waals surface area contributed by atoms with Crippen molar-refractivity contribution in [2.24, 2.45) is 0 Å². The molecule has 2 aliphatic heterocycles. The summed E-state index contributed by atoms with van der Waals surface area (Å²) in [7, 11) is 1.54. The molecule has 2 aliphatic rings. The number of nitrogens with one attached hydrogen (secondary N) is 4. The van der Waals surface area contributed by atoms with Gasteiger partial charge in [0.15, 0.2) is 0 Å². The molecule has 3 atom stereocenters. The third-order valence-electron chi connectivity index (χ3n) is 9.10. The molecule has 51 heavy (non-hydrogen) atoms. The zero-order valence-electron chi connectivity index (χ0n) is 30.4. The number of carbonyl (C=O) groups is 6. The zero-order chi connectivity index (χ0) is 36.8. The van der Waals surface area contributed by atoms with Crippen LogP contribution in [0, 0.1) is 0 Å². The SMILES string of the molecule is COCCN(CC(=O)N(CC(C)=O)Cc1ccccc1)C(=O)CCCCCNC(=O)CCCCCNC(=O)CCCCC1SC[C@@H]2NC(=O)N[C@H]12. The summed E-state index contributed by atoms with van der Waals surface area (Å²) in [6.45, 7) is 3.34. The predicted molar refractivity (Wildman–Crippen MR) is 198 cm³/mol. The average Bonchev–Trinajstić information content (AvgIpc) is 3.66. The lowest BCUT2D eigenvalue weighted by Gasteiger charge is -2.27. The highest BCUT2D eigenvalue weighted by Crippen LogP contribution is 2.33. The first kappa shape index (κ1) is 41.8. The molecule has 0 aliphatic carbocycles. The third kappa shape index (κ3) is 16.5. The summed E-state index contributed by atoms with van der Waals surface area (Å²) in [4.78, 5) is 77.0. The predicted octanol–water partition coefficient (Wildman–Crippen LogP) is 3.16. The maximum Gasteiger partial charge on any atom is 0.315 e. The summed E-state index contributed by atoms with van der Waals surface area (Å²) < 4.78 is 5.16. The van der Waals surface area contributed by atoms with Crippen LogP contribution in [0.15, 0.2) is 30.3 Å². The standard InChI is InChI=1S/C37H58N6O7S/c1-28(44)24-43(25-29-14-6-3-7-15-29)35(48)26-42(22-23-50-2)34(47)19-9-5-13-21-38-32(45)17-8-4-12-20-39-33(46)18-11-10-16-31-36-30(27-51-31)40-37(49)41-36/h3,6-7,14-15,30-31,36H,4-5,8-13,16-27H2,1-2H3,(H,38,45)(H,39,46)(H2,40,41,49)/t30-,31?,36-/m0/s1. The molecule has 0 spiro atoms. The van der Waals surface area contributed by atoms with Gasteiger partial charge in [0.1, 0.15) is 5.78 Å². The van der Waals surface area contributed by atoms with Gasteiger partial charge in [-0.2, -0.15) is 11.8 Å². The van der Waals surface area contributed by atoms with Crippen molar-refractivity contribution in [1.29, 1.82) is 0 Å². The molecule has 13 nitrogen and oxygen atoms in total. The molecular formula is C37H58N6O7S. The Bertz CT molecular complexity index is 1270. The normalized spacial score (nSPS) is 17.6. The van der Waals surface area contributed by atoms with E-state index in [-0.39, 0.29) is 73.6 Å². The number of thioether (sulfide) groups is 1.